The summed E-state index contributed by atoms with van der Waals surface area (Å²) in [6.07, 6.45) is 9.61. The normalized spacial score (nSPS) is 16.2. The van der Waals surface area contributed by atoms with E-state index < -0.39 is 10.0 Å². The van der Waals surface area contributed by atoms with Gasteiger partial charge in [0.15, 0.2) is 5.65 Å². The van der Waals surface area contributed by atoms with Crippen LogP contribution >= 0.6 is 0 Å². The molecule has 4 aromatic rings. The van der Waals surface area contributed by atoms with E-state index in [9.17, 15) is 8.42 Å². The maximum atomic E-state index is 13.2. The Labute approximate surface area is 164 Å². The zero-order valence-electron chi connectivity index (χ0n) is 15.9. The Bertz CT molecular complexity index is 1260. The first-order chi connectivity index (χ1) is 13.6. The van der Waals surface area contributed by atoms with Crippen LogP contribution in [0.4, 0.5) is 0 Å². The van der Waals surface area contributed by atoms with Gasteiger partial charge in [-0.05, 0) is 56.0 Å². The van der Waals surface area contributed by atoms with Crippen LogP contribution in [0.5, 0.6) is 0 Å². The van der Waals surface area contributed by atoms with Gasteiger partial charge in [0.05, 0.1) is 22.1 Å². The number of fused-ring (bicyclic) bond motifs is 3. The lowest BCUT2D eigenvalue weighted by molar-refractivity contribution is 0.436. The predicted molar refractivity (Wildman–Crippen MR) is 110 cm³/mol. The van der Waals surface area contributed by atoms with Crippen molar-refractivity contribution in [1.82, 2.24) is 13.4 Å². The number of hydrogen-bond donors (Lipinski definition) is 0. The fourth-order valence-corrected chi connectivity index (χ4v) is 5.70. The molecule has 5 rings (SSSR count). The molecule has 0 N–H and O–H groups in total. The van der Waals surface area contributed by atoms with Crippen LogP contribution in [0, 0.1) is 6.92 Å². The lowest BCUT2D eigenvalue weighted by atomic mass is 9.87. The molecule has 0 atom stereocenters. The standard InChI is InChI=1S/C22H23N3O2S/c1-16-7-10-19(11-8-16)28(26,27)24-14-13-21-22(24)23-15-18-9-12-20(25(18)21)17-5-3-2-4-6-17/h7-15,17H,2-6H2,1H3. The fourth-order valence-electron chi connectivity index (χ4n) is 4.40. The Morgan fingerprint density at radius 2 is 1.71 bits per heavy atom. The molecule has 3 heterocycles. The minimum absolute atomic E-state index is 0.275. The van der Waals surface area contributed by atoms with Crippen LogP contribution in [0.25, 0.3) is 16.7 Å². The number of aryl methyl sites for hydroxylation is 1. The smallest absolute Gasteiger partial charge is 0.269 e. The molecule has 0 spiro atoms. The molecule has 1 aliphatic carbocycles. The summed E-state index contributed by atoms with van der Waals surface area (Å²) in [5, 5.41) is 0. The molecule has 0 radical (unpaired) electrons. The van der Waals surface area contributed by atoms with Gasteiger partial charge in [-0.25, -0.2) is 17.4 Å². The van der Waals surface area contributed by atoms with Gasteiger partial charge >= 0.3 is 0 Å². The fraction of sp³-hybridized carbons (Fsp3) is 0.318. The van der Waals surface area contributed by atoms with Crippen molar-refractivity contribution in [3.63, 3.8) is 0 Å². The largest absolute Gasteiger partial charge is 0.309 e. The van der Waals surface area contributed by atoms with Crippen LogP contribution in [-0.4, -0.2) is 21.8 Å². The number of hydrogen-bond acceptors (Lipinski definition) is 3. The summed E-state index contributed by atoms with van der Waals surface area (Å²) in [4.78, 5) is 4.78. The topological polar surface area (TPSA) is 56.4 Å². The van der Waals surface area contributed by atoms with Crippen LogP contribution < -0.4 is 0 Å². The molecular formula is C22H23N3O2S. The molecule has 28 heavy (non-hydrogen) atoms. The monoisotopic (exact) mass is 393 g/mol. The number of aromatic nitrogens is 3. The van der Waals surface area contributed by atoms with E-state index in [-0.39, 0.29) is 4.90 Å². The zero-order chi connectivity index (χ0) is 19.3. The summed E-state index contributed by atoms with van der Waals surface area (Å²) in [6.45, 7) is 1.94. The third kappa shape index (κ3) is 2.66. The maximum Gasteiger partial charge on any atom is 0.269 e. The average Bonchev–Trinajstić information content (AvgIpc) is 3.33. The van der Waals surface area contributed by atoms with E-state index in [0.717, 1.165) is 16.6 Å². The summed E-state index contributed by atoms with van der Waals surface area (Å²) in [5.41, 5.74) is 4.63. The van der Waals surface area contributed by atoms with Crippen molar-refractivity contribution >= 4 is 26.7 Å². The Morgan fingerprint density at radius 3 is 2.46 bits per heavy atom. The summed E-state index contributed by atoms with van der Waals surface area (Å²) >= 11 is 0. The van der Waals surface area contributed by atoms with Gasteiger partial charge in [-0.3, -0.25) is 0 Å². The van der Waals surface area contributed by atoms with Crippen molar-refractivity contribution in [2.24, 2.45) is 0 Å². The molecule has 0 unspecified atom stereocenters. The molecule has 0 amide bonds. The molecule has 1 aliphatic rings. The predicted octanol–water partition coefficient (Wildman–Crippen LogP) is 4.88. The molecule has 0 saturated heterocycles. The van der Waals surface area contributed by atoms with E-state index in [1.54, 1.807) is 24.5 Å². The second-order valence-corrected chi connectivity index (χ2v) is 9.57. The lowest BCUT2D eigenvalue weighted by Gasteiger charge is -2.22. The minimum atomic E-state index is -3.69. The zero-order valence-corrected chi connectivity index (χ0v) is 16.7. The van der Waals surface area contributed by atoms with Crippen LogP contribution in [0.2, 0.25) is 0 Å². The van der Waals surface area contributed by atoms with E-state index in [4.69, 9.17) is 0 Å². The highest BCUT2D eigenvalue weighted by molar-refractivity contribution is 7.90. The van der Waals surface area contributed by atoms with Crippen molar-refractivity contribution in [1.29, 1.82) is 0 Å². The van der Waals surface area contributed by atoms with Gasteiger partial charge in [-0.2, -0.15) is 0 Å². The average molecular weight is 394 g/mol. The third-order valence-electron chi connectivity index (χ3n) is 5.91. The van der Waals surface area contributed by atoms with Gasteiger partial charge in [0.1, 0.15) is 0 Å². The summed E-state index contributed by atoms with van der Waals surface area (Å²) < 4.78 is 29.9. The molecule has 6 heteroatoms. The molecule has 1 aromatic carbocycles. The first-order valence-corrected chi connectivity index (χ1v) is 11.3. The quantitative estimate of drug-likeness (QED) is 0.498. The van der Waals surface area contributed by atoms with Gasteiger partial charge < -0.3 is 4.40 Å². The highest BCUT2D eigenvalue weighted by Gasteiger charge is 2.23. The minimum Gasteiger partial charge on any atom is -0.309 e. The van der Waals surface area contributed by atoms with Gasteiger partial charge in [0, 0.05) is 11.9 Å². The number of benzene rings is 1. The van der Waals surface area contributed by atoms with Crippen LogP contribution in [0.15, 0.2) is 59.8 Å². The van der Waals surface area contributed by atoms with Crippen LogP contribution in [-0.2, 0) is 10.0 Å². The lowest BCUT2D eigenvalue weighted by Crippen LogP contribution is -2.13. The molecule has 5 nitrogen and oxygen atoms in total. The second kappa shape index (κ2) is 6.48. The summed E-state index contributed by atoms with van der Waals surface area (Å²) in [6, 6.07) is 13.1. The Balaban J connectivity index is 1.69. The molecule has 3 aromatic heterocycles. The second-order valence-electron chi connectivity index (χ2n) is 7.75. The van der Waals surface area contributed by atoms with E-state index in [1.807, 2.05) is 25.1 Å². The molecular weight excluding hydrogens is 370 g/mol. The third-order valence-corrected chi connectivity index (χ3v) is 7.59. The molecule has 144 valence electrons. The van der Waals surface area contributed by atoms with Gasteiger partial charge in [0.2, 0.25) is 0 Å². The van der Waals surface area contributed by atoms with Gasteiger partial charge in [-0.15, -0.1) is 0 Å². The van der Waals surface area contributed by atoms with Crippen LogP contribution in [0.1, 0.15) is 49.3 Å². The first kappa shape index (κ1) is 17.5. The number of nitrogens with zero attached hydrogens (tertiary/aromatic N) is 3. The molecule has 0 bridgehead atoms. The van der Waals surface area contributed by atoms with Gasteiger partial charge in [0.25, 0.3) is 10.0 Å². The van der Waals surface area contributed by atoms with Crippen molar-refractivity contribution in [2.75, 3.05) is 0 Å². The van der Waals surface area contributed by atoms with Crippen molar-refractivity contribution in [3.05, 3.63) is 66.1 Å². The van der Waals surface area contributed by atoms with Gasteiger partial charge in [-0.1, -0.05) is 37.0 Å². The van der Waals surface area contributed by atoms with Crippen molar-refractivity contribution in [3.8, 4) is 0 Å². The molecule has 1 saturated carbocycles. The SMILES string of the molecule is Cc1ccc(S(=O)(=O)n2ccc3c2ncc2ccc(C4CCCCC4)n23)cc1. The highest BCUT2D eigenvalue weighted by atomic mass is 32.2. The molecule has 1 fully saturated rings. The van der Waals surface area contributed by atoms with E-state index in [0.29, 0.717) is 11.6 Å². The van der Waals surface area contributed by atoms with E-state index >= 15 is 0 Å². The summed E-state index contributed by atoms with van der Waals surface area (Å²) in [5.74, 6) is 0.527. The Kier molecular flexibility index (Phi) is 4.05. The maximum absolute atomic E-state index is 13.2. The van der Waals surface area contributed by atoms with Crippen molar-refractivity contribution in [2.45, 2.75) is 49.8 Å². The highest BCUT2D eigenvalue weighted by Crippen LogP contribution is 2.35. The van der Waals surface area contributed by atoms with Crippen molar-refractivity contribution < 1.29 is 8.42 Å². The first-order valence-electron chi connectivity index (χ1n) is 9.85. The Morgan fingerprint density at radius 1 is 0.964 bits per heavy atom. The number of rotatable bonds is 3. The van der Waals surface area contributed by atoms with E-state index in [2.05, 4.69) is 21.5 Å². The Hall–Kier alpha value is -2.60. The molecule has 0 aliphatic heterocycles. The van der Waals surface area contributed by atoms with E-state index in [1.165, 1.54) is 41.8 Å². The summed E-state index contributed by atoms with van der Waals surface area (Å²) in [7, 11) is -3.69. The van der Waals surface area contributed by atoms with Crippen LogP contribution in [0.3, 0.4) is 0 Å².